The number of halogens is 3. The van der Waals surface area contributed by atoms with Crippen LogP contribution in [-0.4, -0.2) is 25.0 Å². The molecular weight excluding hydrogens is 274 g/mol. The summed E-state index contributed by atoms with van der Waals surface area (Å²) in [6.07, 6.45) is 1.94. The molecule has 0 radical (unpaired) electrons. The summed E-state index contributed by atoms with van der Waals surface area (Å²) in [6.45, 7) is 1.14. The molecule has 1 atom stereocenters. The zero-order valence-electron chi connectivity index (χ0n) is 10.4. The van der Waals surface area contributed by atoms with E-state index >= 15 is 0 Å². The van der Waals surface area contributed by atoms with Gasteiger partial charge in [-0.1, -0.05) is 30.3 Å². The second kappa shape index (κ2) is 6.82. The van der Waals surface area contributed by atoms with E-state index in [4.69, 9.17) is 0 Å². The van der Waals surface area contributed by atoms with Crippen LogP contribution in [-0.2, 0) is 10.7 Å². The third kappa shape index (κ3) is 3.88. The Hall–Kier alpha value is -1.20. The highest BCUT2D eigenvalue weighted by molar-refractivity contribution is 5.85. The smallest absolute Gasteiger partial charge is 0.349 e. The zero-order chi connectivity index (χ0) is 13.0. The lowest BCUT2D eigenvalue weighted by Gasteiger charge is -2.18. The van der Waals surface area contributed by atoms with Crippen LogP contribution in [0.5, 0.6) is 0 Å². The van der Waals surface area contributed by atoms with Crippen LogP contribution in [0.1, 0.15) is 18.4 Å². The summed E-state index contributed by atoms with van der Waals surface area (Å²) in [5.41, 5.74) is -0.276. The van der Waals surface area contributed by atoms with Crippen LogP contribution in [0, 0.1) is 0 Å². The summed E-state index contributed by atoms with van der Waals surface area (Å²) >= 11 is 0. The van der Waals surface area contributed by atoms with Crippen molar-refractivity contribution in [2.24, 2.45) is 0 Å². The summed E-state index contributed by atoms with van der Waals surface area (Å²) in [5.74, 6) is -4.71. The van der Waals surface area contributed by atoms with Gasteiger partial charge in [-0.3, -0.25) is 4.79 Å². The Morgan fingerprint density at radius 2 is 2.05 bits per heavy atom. The van der Waals surface area contributed by atoms with E-state index in [1.807, 2.05) is 0 Å². The van der Waals surface area contributed by atoms with Crippen LogP contribution < -0.4 is 10.6 Å². The fourth-order valence-corrected chi connectivity index (χ4v) is 2.04. The maximum absolute atomic E-state index is 13.8. The monoisotopic (exact) mass is 290 g/mol. The van der Waals surface area contributed by atoms with E-state index in [2.05, 4.69) is 10.6 Å². The van der Waals surface area contributed by atoms with E-state index in [1.165, 1.54) is 24.3 Å². The number of benzene rings is 1. The Labute approximate surface area is 117 Å². The highest BCUT2D eigenvalue weighted by Crippen LogP contribution is 2.27. The molecule has 19 heavy (non-hydrogen) atoms. The Kier molecular flexibility index (Phi) is 5.69. The highest BCUT2D eigenvalue weighted by Gasteiger charge is 2.40. The number of hydrogen-bond acceptors (Lipinski definition) is 2. The van der Waals surface area contributed by atoms with E-state index in [-0.39, 0.29) is 30.6 Å². The van der Waals surface area contributed by atoms with Gasteiger partial charge in [0.05, 0.1) is 0 Å². The molecule has 2 N–H and O–H groups in total. The molecule has 1 saturated heterocycles. The third-order valence-corrected chi connectivity index (χ3v) is 3.09. The van der Waals surface area contributed by atoms with Crippen LogP contribution in [0.25, 0.3) is 0 Å². The second-order valence-corrected chi connectivity index (χ2v) is 4.44. The number of amides is 1. The van der Waals surface area contributed by atoms with Crippen molar-refractivity contribution in [3.8, 4) is 0 Å². The molecule has 0 bridgehead atoms. The molecule has 0 spiro atoms. The van der Waals surface area contributed by atoms with Gasteiger partial charge in [0.1, 0.15) is 0 Å². The second-order valence-electron chi connectivity index (χ2n) is 4.44. The first kappa shape index (κ1) is 15.9. The van der Waals surface area contributed by atoms with Gasteiger partial charge in [0.2, 0.25) is 0 Å². The molecule has 106 valence electrons. The van der Waals surface area contributed by atoms with Gasteiger partial charge in [0.25, 0.3) is 5.91 Å². The van der Waals surface area contributed by atoms with Crippen LogP contribution in [0.3, 0.4) is 0 Å². The summed E-state index contributed by atoms with van der Waals surface area (Å²) < 4.78 is 27.6. The summed E-state index contributed by atoms with van der Waals surface area (Å²) in [4.78, 5) is 11.5. The Morgan fingerprint density at radius 1 is 1.37 bits per heavy atom. The van der Waals surface area contributed by atoms with Crippen molar-refractivity contribution in [1.82, 2.24) is 10.6 Å². The summed E-state index contributed by atoms with van der Waals surface area (Å²) in [6, 6.07) is 7.26. The van der Waals surface area contributed by atoms with Crippen molar-refractivity contribution in [2.75, 3.05) is 13.1 Å². The molecule has 1 aromatic carbocycles. The highest BCUT2D eigenvalue weighted by atomic mass is 35.5. The van der Waals surface area contributed by atoms with Gasteiger partial charge in [-0.05, 0) is 19.4 Å². The molecular formula is C13H17ClF2N2O. The van der Waals surface area contributed by atoms with Crippen molar-refractivity contribution < 1.29 is 13.6 Å². The van der Waals surface area contributed by atoms with E-state index in [1.54, 1.807) is 6.07 Å². The van der Waals surface area contributed by atoms with Crippen LogP contribution in [0.4, 0.5) is 8.78 Å². The third-order valence-electron chi connectivity index (χ3n) is 3.09. The minimum absolute atomic E-state index is 0. The topological polar surface area (TPSA) is 41.1 Å². The minimum Gasteiger partial charge on any atom is -0.349 e. The average Bonchev–Trinajstić information content (AvgIpc) is 2.90. The molecule has 1 aliphatic heterocycles. The average molecular weight is 291 g/mol. The lowest BCUT2D eigenvalue weighted by atomic mass is 10.1. The number of hydrogen-bond donors (Lipinski definition) is 2. The molecule has 1 aromatic rings. The molecule has 1 aliphatic rings. The predicted molar refractivity (Wildman–Crippen MR) is 71.6 cm³/mol. The fraction of sp³-hybridized carbons (Fsp3) is 0.462. The zero-order valence-corrected chi connectivity index (χ0v) is 11.2. The maximum atomic E-state index is 13.8. The molecule has 0 aliphatic carbocycles. The van der Waals surface area contributed by atoms with Crippen molar-refractivity contribution in [2.45, 2.75) is 24.8 Å². The number of alkyl halides is 2. The molecule has 3 nitrogen and oxygen atoms in total. The van der Waals surface area contributed by atoms with Crippen molar-refractivity contribution in [1.29, 1.82) is 0 Å². The molecule has 1 heterocycles. The Morgan fingerprint density at radius 3 is 2.63 bits per heavy atom. The van der Waals surface area contributed by atoms with Crippen molar-refractivity contribution in [3.05, 3.63) is 35.9 Å². The minimum atomic E-state index is -3.47. The number of rotatable bonds is 4. The standard InChI is InChI=1S/C13H16F2N2O.ClH/c14-13(15,10-5-2-1-3-6-10)12(18)17-9-11-7-4-8-16-11;/h1-3,5-6,11,16H,4,7-9H2,(H,17,18);1H. The first-order chi connectivity index (χ1) is 8.60. The first-order valence-electron chi connectivity index (χ1n) is 6.06. The molecule has 6 heteroatoms. The van der Waals surface area contributed by atoms with E-state index in [9.17, 15) is 13.6 Å². The van der Waals surface area contributed by atoms with Gasteiger partial charge >= 0.3 is 5.92 Å². The predicted octanol–water partition coefficient (Wildman–Crippen LogP) is 2.07. The molecule has 1 fully saturated rings. The largest absolute Gasteiger partial charge is 0.349 e. The van der Waals surface area contributed by atoms with E-state index in [0.717, 1.165) is 19.4 Å². The quantitative estimate of drug-likeness (QED) is 0.891. The lowest BCUT2D eigenvalue weighted by molar-refractivity contribution is -0.147. The SMILES string of the molecule is Cl.O=C(NCC1CCCN1)C(F)(F)c1ccccc1. The van der Waals surface area contributed by atoms with E-state index in [0.29, 0.717) is 0 Å². The molecule has 1 unspecified atom stereocenters. The number of carbonyl (C=O) groups excluding carboxylic acids is 1. The summed E-state index contributed by atoms with van der Waals surface area (Å²) in [5, 5.41) is 5.46. The van der Waals surface area contributed by atoms with Gasteiger partial charge in [-0.15, -0.1) is 12.4 Å². The van der Waals surface area contributed by atoms with Gasteiger partial charge in [-0.2, -0.15) is 8.78 Å². The van der Waals surface area contributed by atoms with Crippen molar-refractivity contribution in [3.63, 3.8) is 0 Å². The Bertz CT molecular complexity index is 408. The first-order valence-corrected chi connectivity index (χ1v) is 6.06. The fourth-order valence-electron chi connectivity index (χ4n) is 2.04. The van der Waals surface area contributed by atoms with Gasteiger partial charge in [0.15, 0.2) is 0 Å². The van der Waals surface area contributed by atoms with Crippen LogP contribution in [0.15, 0.2) is 30.3 Å². The van der Waals surface area contributed by atoms with Gasteiger partial charge in [0, 0.05) is 18.2 Å². The molecule has 1 amide bonds. The van der Waals surface area contributed by atoms with Gasteiger partial charge in [-0.25, -0.2) is 0 Å². The summed E-state index contributed by atoms with van der Waals surface area (Å²) in [7, 11) is 0. The van der Waals surface area contributed by atoms with Gasteiger partial charge < -0.3 is 10.6 Å². The lowest BCUT2D eigenvalue weighted by Crippen LogP contribution is -2.43. The molecule has 0 aromatic heterocycles. The van der Waals surface area contributed by atoms with Crippen LogP contribution >= 0.6 is 12.4 Å². The van der Waals surface area contributed by atoms with Crippen molar-refractivity contribution >= 4 is 18.3 Å². The normalized spacial score (nSPS) is 18.7. The Balaban J connectivity index is 0.00000180. The molecule has 0 saturated carbocycles. The number of nitrogens with one attached hydrogen (secondary N) is 2. The number of carbonyl (C=O) groups is 1. The maximum Gasteiger partial charge on any atom is 0.349 e. The molecule has 2 rings (SSSR count). The van der Waals surface area contributed by atoms with Crippen LogP contribution in [0.2, 0.25) is 0 Å². The van der Waals surface area contributed by atoms with E-state index < -0.39 is 11.8 Å².